The number of rotatable bonds is 4. The average Bonchev–Trinajstić information content (AvgIpc) is 2.80. The molecule has 0 fully saturated rings. The van der Waals surface area contributed by atoms with Crippen LogP contribution < -0.4 is 0 Å². The normalized spacial score (nSPS) is 15.6. The Bertz CT molecular complexity index is 1380. The maximum Gasteiger partial charge on any atom is 0.119 e. The standard InChI is InChI=1S/C28H24O5/c29-20-6-1-16(2-7-20)11-19-12-18-4-9-22(31)14-24(18)26(28(19)33)15-25-23-13-21(30)8-3-17(23)5-10-27(25)32/h1-10,13-14,19,29-33H,11-12,15H2/t19-/m1/s1. The van der Waals surface area contributed by atoms with Gasteiger partial charge in [-0.15, -0.1) is 0 Å². The molecular weight excluding hydrogens is 416 g/mol. The third-order valence-electron chi connectivity index (χ3n) is 6.44. The maximum absolute atomic E-state index is 11.4. The number of benzene rings is 4. The topological polar surface area (TPSA) is 101 Å². The molecule has 5 nitrogen and oxygen atoms in total. The first kappa shape index (κ1) is 20.8. The van der Waals surface area contributed by atoms with Crippen molar-refractivity contribution in [2.75, 3.05) is 0 Å². The maximum atomic E-state index is 11.4. The van der Waals surface area contributed by atoms with E-state index in [0.29, 0.717) is 29.4 Å². The second-order valence-electron chi connectivity index (χ2n) is 8.62. The Hall–Kier alpha value is -4.12. The van der Waals surface area contributed by atoms with Crippen molar-refractivity contribution < 1.29 is 25.5 Å². The van der Waals surface area contributed by atoms with E-state index in [1.165, 1.54) is 0 Å². The molecule has 4 aromatic rings. The van der Waals surface area contributed by atoms with Gasteiger partial charge >= 0.3 is 0 Å². The van der Waals surface area contributed by atoms with Gasteiger partial charge in [0.2, 0.25) is 0 Å². The number of phenols is 4. The molecule has 0 amide bonds. The molecule has 0 aromatic heterocycles. The molecule has 33 heavy (non-hydrogen) atoms. The number of fused-ring (bicyclic) bond motifs is 2. The van der Waals surface area contributed by atoms with Gasteiger partial charge in [-0.25, -0.2) is 0 Å². The van der Waals surface area contributed by atoms with Gasteiger partial charge in [0.25, 0.3) is 0 Å². The zero-order valence-corrected chi connectivity index (χ0v) is 17.9. The molecule has 0 bridgehead atoms. The van der Waals surface area contributed by atoms with E-state index in [2.05, 4.69) is 0 Å². The van der Waals surface area contributed by atoms with Crippen molar-refractivity contribution >= 4 is 16.3 Å². The van der Waals surface area contributed by atoms with Gasteiger partial charge < -0.3 is 25.5 Å². The first-order valence-corrected chi connectivity index (χ1v) is 10.8. The number of aliphatic hydroxyl groups excluding tert-OH is 1. The summed E-state index contributed by atoms with van der Waals surface area (Å²) >= 11 is 0. The van der Waals surface area contributed by atoms with Crippen molar-refractivity contribution in [2.24, 2.45) is 5.92 Å². The fourth-order valence-electron chi connectivity index (χ4n) is 4.76. The van der Waals surface area contributed by atoms with Gasteiger partial charge in [-0.05, 0) is 82.8 Å². The zero-order chi connectivity index (χ0) is 23.1. The van der Waals surface area contributed by atoms with E-state index in [1.807, 2.05) is 18.2 Å². The summed E-state index contributed by atoms with van der Waals surface area (Å²) in [4.78, 5) is 0. The van der Waals surface area contributed by atoms with E-state index in [4.69, 9.17) is 0 Å². The van der Waals surface area contributed by atoms with E-state index in [1.54, 1.807) is 54.6 Å². The van der Waals surface area contributed by atoms with Crippen LogP contribution in [0, 0.1) is 5.92 Å². The number of hydrogen-bond donors (Lipinski definition) is 5. The number of aromatic hydroxyl groups is 4. The molecule has 0 aliphatic heterocycles. The summed E-state index contributed by atoms with van der Waals surface area (Å²) in [5.41, 5.74) is 3.99. The smallest absolute Gasteiger partial charge is 0.119 e. The number of allylic oxidation sites excluding steroid dienone is 2. The van der Waals surface area contributed by atoms with Gasteiger partial charge in [-0.1, -0.05) is 30.3 Å². The van der Waals surface area contributed by atoms with Crippen LogP contribution in [-0.4, -0.2) is 25.5 Å². The largest absolute Gasteiger partial charge is 0.512 e. The van der Waals surface area contributed by atoms with Gasteiger partial charge in [0.15, 0.2) is 0 Å². The number of hydrogen-bond acceptors (Lipinski definition) is 5. The molecule has 1 aliphatic rings. The Morgan fingerprint density at radius 2 is 1.36 bits per heavy atom. The molecule has 5 heteroatoms. The van der Waals surface area contributed by atoms with Gasteiger partial charge in [-0.2, -0.15) is 0 Å². The van der Waals surface area contributed by atoms with E-state index in [0.717, 1.165) is 22.1 Å². The lowest BCUT2D eigenvalue weighted by atomic mass is 9.78. The second-order valence-corrected chi connectivity index (χ2v) is 8.62. The minimum Gasteiger partial charge on any atom is -0.512 e. The van der Waals surface area contributed by atoms with Crippen LogP contribution in [0.5, 0.6) is 23.0 Å². The third-order valence-corrected chi connectivity index (χ3v) is 6.44. The first-order valence-electron chi connectivity index (χ1n) is 10.8. The molecule has 0 heterocycles. The highest BCUT2D eigenvalue weighted by molar-refractivity contribution is 5.91. The Morgan fingerprint density at radius 3 is 2.15 bits per heavy atom. The fraction of sp³-hybridized carbons (Fsp3) is 0.143. The monoisotopic (exact) mass is 440 g/mol. The Kier molecular flexibility index (Phi) is 5.09. The van der Waals surface area contributed by atoms with E-state index >= 15 is 0 Å². The molecule has 1 atom stereocenters. The van der Waals surface area contributed by atoms with Crippen LogP contribution in [0.4, 0.5) is 0 Å². The molecule has 5 rings (SSSR count). The summed E-state index contributed by atoms with van der Waals surface area (Å²) in [6, 6.07) is 20.5. The molecule has 0 unspecified atom stereocenters. The summed E-state index contributed by atoms with van der Waals surface area (Å²) in [6.07, 6.45) is 1.42. The van der Waals surface area contributed by atoms with Crippen LogP contribution in [0.3, 0.4) is 0 Å². The molecule has 0 saturated carbocycles. The highest BCUT2D eigenvalue weighted by Crippen LogP contribution is 2.41. The van der Waals surface area contributed by atoms with Crippen LogP contribution in [0.15, 0.2) is 78.6 Å². The predicted octanol–water partition coefficient (Wildman–Crippen LogP) is 5.59. The summed E-state index contributed by atoms with van der Waals surface area (Å²) in [5.74, 6) is 0.509. The van der Waals surface area contributed by atoms with Gasteiger partial charge in [-0.3, -0.25) is 0 Å². The van der Waals surface area contributed by atoms with Crippen molar-refractivity contribution in [3.63, 3.8) is 0 Å². The van der Waals surface area contributed by atoms with Crippen molar-refractivity contribution in [1.82, 2.24) is 0 Å². The van der Waals surface area contributed by atoms with Crippen LogP contribution in [0.25, 0.3) is 16.3 Å². The van der Waals surface area contributed by atoms with Crippen LogP contribution in [-0.2, 0) is 19.3 Å². The summed E-state index contributed by atoms with van der Waals surface area (Å²) in [5, 5.41) is 53.4. The van der Waals surface area contributed by atoms with Gasteiger partial charge in [0, 0.05) is 23.5 Å². The summed E-state index contributed by atoms with van der Waals surface area (Å²) in [7, 11) is 0. The molecule has 1 aliphatic carbocycles. The first-order chi connectivity index (χ1) is 15.9. The number of aliphatic hydroxyl groups is 1. The van der Waals surface area contributed by atoms with Crippen molar-refractivity contribution in [1.29, 1.82) is 0 Å². The Labute approximate surface area is 191 Å². The summed E-state index contributed by atoms with van der Waals surface area (Å²) < 4.78 is 0. The lowest BCUT2D eigenvalue weighted by Crippen LogP contribution is -2.19. The van der Waals surface area contributed by atoms with Crippen LogP contribution >= 0.6 is 0 Å². The van der Waals surface area contributed by atoms with Gasteiger partial charge in [0.05, 0.1) is 0 Å². The van der Waals surface area contributed by atoms with Crippen molar-refractivity contribution in [2.45, 2.75) is 19.3 Å². The quantitative estimate of drug-likeness (QED) is 0.285. The minimum atomic E-state index is -0.188. The molecule has 5 N–H and O–H groups in total. The summed E-state index contributed by atoms with van der Waals surface area (Å²) in [6.45, 7) is 0. The predicted molar refractivity (Wildman–Crippen MR) is 128 cm³/mol. The SMILES string of the molecule is OC1=C(Cc2c(O)ccc3ccc(O)cc23)c2cc(O)ccc2C[C@H]1Cc1ccc(O)cc1. The average molecular weight is 440 g/mol. The van der Waals surface area contributed by atoms with E-state index in [-0.39, 0.29) is 41.1 Å². The Balaban J connectivity index is 1.62. The molecular formula is C28H24O5. The number of phenolic OH excluding ortho intramolecular Hbond substituents is 4. The lowest BCUT2D eigenvalue weighted by Gasteiger charge is -2.28. The second kappa shape index (κ2) is 8.10. The van der Waals surface area contributed by atoms with Crippen molar-refractivity contribution in [3.05, 3.63) is 101 Å². The van der Waals surface area contributed by atoms with Gasteiger partial charge in [0.1, 0.15) is 28.8 Å². The lowest BCUT2D eigenvalue weighted by molar-refractivity contribution is 0.323. The third kappa shape index (κ3) is 3.94. The van der Waals surface area contributed by atoms with Crippen molar-refractivity contribution in [3.8, 4) is 23.0 Å². The molecule has 166 valence electrons. The van der Waals surface area contributed by atoms with E-state index in [9.17, 15) is 25.5 Å². The zero-order valence-electron chi connectivity index (χ0n) is 17.9. The Morgan fingerprint density at radius 1 is 0.697 bits per heavy atom. The molecule has 0 radical (unpaired) electrons. The fourth-order valence-corrected chi connectivity index (χ4v) is 4.76. The molecule has 4 aromatic carbocycles. The van der Waals surface area contributed by atoms with Crippen LogP contribution in [0.2, 0.25) is 0 Å². The highest BCUT2D eigenvalue weighted by atomic mass is 16.3. The highest BCUT2D eigenvalue weighted by Gasteiger charge is 2.28. The van der Waals surface area contributed by atoms with E-state index < -0.39 is 0 Å². The van der Waals surface area contributed by atoms with Crippen LogP contribution in [0.1, 0.15) is 22.3 Å². The molecule has 0 spiro atoms. The minimum absolute atomic E-state index is 0.0794. The molecule has 0 saturated heterocycles.